The zero-order valence-electron chi connectivity index (χ0n) is 14.7. The van der Waals surface area contributed by atoms with Gasteiger partial charge in [-0.1, -0.05) is 0 Å². The molecule has 0 heterocycles. The van der Waals surface area contributed by atoms with Crippen LogP contribution in [-0.2, 0) is 13.2 Å². The number of aliphatic hydroxyl groups is 2. The second-order valence-electron chi connectivity index (χ2n) is 5.05. The van der Waals surface area contributed by atoms with Crippen molar-refractivity contribution in [1.82, 2.24) is 0 Å². The zero-order valence-corrected chi connectivity index (χ0v) is 16.4. The predicted molar refractivity (Wildman–Crippen MR) is 96.0 cm³/mol. The van der Waals surface area contributed by atoms with Gasteiger partial charge < -0.3 is 0 Å². The van der Waals surface area contributed by atoms with Gasteiger partial charge in [-0.2, -0.15) is 0 Å². The summed E-state index contributed by atoms with van der Waals surface area (Å²) >= 11 is -0.272. The first-order valence-corrected chi connectivity index (χ1v) is 9.22. The van der Waals surface area contributed by atoms with Crippen LogP contribution < -0.4 is 27.9 Å². The minimum atomic E-state index is -0.272. The van der Waals surface area contributed by atoms with Crippen LogP contribution in [0.2, 0.25) is 0 Å². The topological polar surface area (TPSA) is 77.4 Å². The Morgan fingerprint density at radius 2 is 1.08 bits per heavy atom. The van der Waals surface area contributed by atoms with Crippen molar-refractivity contribution in [2.75, 3.05) is 28.4 Å². The van der Waals surface area contributed by atoms with E-state index in [1.54, 1.807) is 52.7 Å². The zero-order chi connectivity index (χ0) is 18.4. The van der Waals surface area contributed by atoms with Crippen LogP contribution in [0.5, 0.6) is 23.0 Å². The molecule has 0 aliphatic carbocycles. The van der Waals surface area contributed by atoms with E-state index in [9.17, 15) is 10.2 Å². The van der Waals surface area contributed by atoms with Crippen LogP contribution in [0.1, 0.15) is 11.1 Å². The summed E-state index contributed by atoms with van der Waals surface area (Å²) in [4.78, 5) is 0. The van der Waals surface area contributed by atoms with Gasteiger partial charge in [-0.15, -0.1) is 0 Å². The summed E-state index contributed by atoms with van der Waals surface area (Å²) in [5, 5.41) is 19.5. The molecule has 0 fully saturated rings. The van der Waals surface area contributed by atoms with Gasteiger partial charge in [-0.05, 0) is 0 Å². The van der Waals surface area contributed by atoms with E-state index in [0.717, 1.165) is 20.1 Å². The Morgan fingerprint density at radius 1 is 0.680 bits per heavy atom. The van der Waals surface area contributed by atoms with E-state index in [4.69, 9.17) is 18.9 Å². The van der Waals surface area contributed by atoms with Gasteiger partial charge in [0.25, 0.3) is 0 Å². The summed E-state index contributed by atoms with van der Waals surface area (Å²) < 4.78 is 23.2. The molecule has 136 valence electrons. The van der Waals surface area contributed by atoms with Crippen molar-refractivity contribution in [3.05, 3.63) is 35.4 Å². The quantitative estimate of drug-likeness (QED) is 0.609. The fourth-order valence-corrected chi connectivity index (χ4v) is 4.89. The van der Waals surface area contributed by atoms with Gasteiger partial charge in [0, 0.05) is 0 Å². The fourth-order valence-electron chi connectivity index (χ4n) is 2.37. The summed E-state index contributed by atoms with van der Waals surface area (Å²) in [6.07, 6.45) is 0. The van der Waals surface area contributed by atoms with Crippen molar-refractivity contribution in [3.8, 4) is 23.0 Å². The Kier molecular flexibility index (Phi) is 6.96. The Hall–Kier alpha value is -1.92. The van der Waals surface area contributed by atoms with Crippen LogP contribution in [0, 0.1) is 0 Å². The van der Waals surface area contributed by atoms with Gasteiger partial charge in [-0.25, -0.2) is 0 Å². The molecule has 0 saturated heterocycles. The molecule has 0 saturated carbocycles. The molecule has 0 unspecified atom stereocenters. The third-order valence-electron chi connectivity index (χ3n) is 3.67. The molecule has 0 radical (unpaired) electrons. The first kappa shape index (κ1) is 19.4. The molecule has 25 heavy (non-hydrogen) atoms. The van der Waals surface area contributed by atoms with E-state index in [-0.39, 0.29) is 28.2 Å². The molecule has 2 N–H and O–H groups in total. The molecule has 2 rings (SSSR count). The molecule has 2 aromatic rings. The summed E-state index contributed by atoms with van der Waals surface area (Å²) in [6.45, 7) is -0.283. The Morgan fingerprint density at radius 3 is 1.36 bits per heavy atom. The van der Waals surface area contributed by atoms with E-state index in [0.29, 0.717) is 23.0 Å². The number of aliphatic hydroxyl groups excluding tert-OH is 2. The van der Waals surface area contributed by atoms with Crippen molar-refractivity contribution >= 4 is 23.9 Å². The molecule has 0 atom stereocenters. The van der Waals surface area contributed by atoms with Crippen LogP contribution in [0.15, 0.2) is 24.3 Å². The molecule has 0 spiro atoms. The Bertz CT molecular complexity index is 620. The predicted octanol–water partition coefficient (Wildman–Crippen LogP) is 0.361. The van der Waals surface area contributed by atoms with Crippen molar-refractivity contribution in [1.29, 1.82) is 0 Å². The van der Waals surface area contributed by atoms with E-state index in [2.05, 4.69) is 0 Å². The summed E-state index contributed by atoms with van der Waals surface area (Å²) in [5.74, 6) is 2.49. The third kappa shape index (κ3) is 4.19. The van der Waals surface area contributed by atoms with Crippen LogP contribution in [0.4, 0.5) is 0 Å². The van der Waals surface area contributed by atoms with Crippen LogP contribution in [0.25, 0.3) is 0 Å². The molecular weight excluding hydrogens is 391 g/mol. The maximum absolute atomic E-state index is 9.77. The Labute approximate surface area is 153 Å². The van der Waals surface area contributed by atoms with Crippen molar-refractivity contribution in [2.45, 2.75) is 13.2 Å². The van der Waals surface area contributed by atoms with E-state index in [1.807, 2.05) is 0 Å². The molecule has 7 heteroatoms. The van der Waals surface area contributed by atoms with Crippen molar-refractivity contribution in [2.24, 2.45) is 0 Å². The third-order valence-corrected chi connectivity index (χ3v) is 6.47. The normalized spacial score (nSPS) is 10.5. The molecule has 0 amide bonds. The molecule has 0 aliphatic heterocycles. The molecule has 2 aromatic carbocycles. The maximum atomic E-state index is 9.77. The SMILES string of the molecule is COc1cc(CO)c([Se]c2c(CO)cc(OC)cc2OC)c(OC)c1. The van der Waals surface area contributed by atoms with E-state index < -0.39 is 0 Å². The number of rotatable bonds is 8. The van der Waals surface area contributed by atoms with E-state index >= 15 is 0 Å². The van der Waals surface area contributed by atoms with Gasteiger partial charge in [0.05, 0.1) is 0 Å². The summed E-state index contributed by atoms with van der Waals surface area (Å²) in [5.41, 5.74) is 1.44. The standard InChI is InChI=1S/C18H22O6Se/c1-21-13-5-11(9-19)17(15(7-13)23-3)25-18-12(10-20)6-14(22-2)8-16(18)24-4/h5-8,19-20H,9-10H2,1-4H3. The van der Waals surface area contributed by atoms with Gasteiger partial charge in [0.2, 0.25) is 0 Å². The van der Waals surface area contributed by atoms with Crippen molar-refractivity contribution < 1.29 is 29.2 Å². The van der Waals surface area contributed by atoms with Crippen molar-refractivity contribution in [3.63, 3.8) is 0 Å². The summed E-state index contributed by atoms with van der Waals surface area (Å²) in [6, 6.07) is 7.14. The molecule has 0 aromatic heterocycles. The van der Waals surface area contributed by atoms with Crippen LogP contribution >= 0.6 is 0 Å². The van der Waals surface area contributed by atoms with Gasteiger partial charge in [-0.3, -0.25) is 0 Å². The fraction of sp³-hybridized carbons (Fsp3) is 0.333. The number of benzene rings is 2. The second-order valence-corrected chi connectivity index (χ2v) is 7.20. The van der Waals surface area contributed by atoms with E-state index in [1.165, 1.54) is 0 Å². The van der Waals surface area contributed by atoms with Crippen LogP contribution in [0.3, 0.4) is 0 Å². The molecule has 0 bridgehead atoms. The average Bonchev–Trinajstić information content (AvgIpc) is 2.67. The number of hydrogen-bond donors (Lipinski definition) is 2. The number of methoxy groups -OCH3 is 4. The minimum absolute atomic E-state index is 0.141. The van der Waals surface area contributed by atoms with Crippen LogP contribution in [-0.4, -0.2) is 53.6 Å². The summed E-state index contributed by atoms with van der Waals surface area (Å²) in [7, 11) is 6.29. The van der Waals surface area contributed by atoms with Gasteiger partial charge in [0.15, 0.2) is 0 Å². The Balaban J connectivity index is 2.59. The number of hydrogen-bond acceptors (Lipinski definition) is 6. The number of ether oxygens (including phenoxy) is 4. The monoisotopic (exact) mass is 414 g/mol. The first-order valence-electron chi connectivity index (χ1n) is 7.51. The molecular formula is C18H22O6Se. The first-order chi connectivity index (χ1) is 12.1. The molecule has 0 aliphatic rings. The second kappa shape index (κ2) is 8.97. The molecule has 6 nitrogen and oxygen atoms in total. The van der Waals surface area contributed by atoms with Gasteiger partial charge >= 0.3 is 153 Å². The average molecular weight is 413 g/mol. The van der Waals surface area contributed by atoms with Gasteiger partial charge in [0.1, 0.15) is 0 Å².